The molecule has 0 aromatic heterocycles. The molecule has 0 fully saturated rings. The van der Waals surface area contributed by atoms with Crippen LogP contribution in [0.3, 0.4) is 0 Å². The standard InChI is InChI=1S/C11H15NO/c1-7-5-8-3-4-9(12)11(8)10(6-7)13-2/h5-6,9H,3-4,12H2,1-2H3. The maximum absolute atomic E-state index is 5.99. The van der Waals surface area contributed by atoms with Crippen LogP contribution in [0.4, 0.5) is 0 Å². The van der Waals surface area contributed by atoms with Gasteiger partial charge in [0.1, 0.15) is 5.75 Å². The minimum Gasteiger partial charge on any atom is -0.496 e. The SMILES string of the molecule is COc1cc(C)cc2c1C(N)CC2. The highest BCUT2D eigenvalue weighted by Gasteiger charge is 2.23. The molecule has 1 aliphatic rings. The van der Waals surface area contributed by atoms with Crippen LogP contribution in [0.2, 0.25) is 0 Å². The molecule has 0 saturated carbocycles. The van der Waals surface area contributed by atoms with Gasteiger partial charge in [-0.2, -0.15) is 0 Å². The number of methoxy groups -OCH3 is 1. The van der Waals surface area contributed by atoms with Gasteiger partial charge in [-0.25, -0.2) is 0 Å². The van der Waals surface area contributed by atoms with E-state index < -0.39 is 0 Å². The summed E-state index contributed by atoms with van der Waals surface area (Å²) in [6.45, 7) is 2.09. The molecule has 1 atom stereocenters. The van der Waals surface area contributed by atoms with Crippen molar-refractivity contribution in [2.24, 2.45) is 5.73 Å². The normalized spacial score (nSPS) is 20.1. The van der Waals surface area contributed by atoms with E-state index in [1.54, 1.807) is 7.11 Å². The van der Waals surface area contributed by atoms with Crippen LogP contribution in [0, 0.1) is 6.92 Å². The molecule has 0 heterocycles. The van der Waals surface area contributed by atoms with Crippen molar-refractivity contribution < 1.29 is 4.74 Å². The monoisotopic (exact) mass is 177 g/mol. The van der Waals surface area contributed by atoms with Crippen LogP contribution in [0.25, 0.3) is 0 Å². The Labute approximate surface area is 78.7 Å². The van der Waals surface area contributed by atoms with Crippen LogP contribution in [-0.2, 0) is 6.42 Å². The average molecular weight is 177 g/mol. The largest absolute Gasteiger partial charge is 0.496 e. The lowest BCUT2D eigenvalue weighted by molar-refractivity contribution is 0.406. The Morgan fingerprint density at radius 2 is 2.23 bits per heavy atom. The quantitative estimate of drug-likeness (QED) is 0.711. The number of hydrogen-bond acceptors (Lipinski definition) is 2. The molecule has 0 radical (unpaired) electrons. The van der Waals surface area contributed by atoms with Gasteiger partial charge in [0.15, 0.2) is 0 Å². The van der Waals surface area contributed by atoms with Gasteiger partial charge in [-0.05, 0) is 37.0 Å². The molecular weight excluding hydrogens is 162 g/mol. The van der Waals surface area contributed by atoms with E-state index in [1.165, 1.54) is 16.7 Å². The fraction of sp³-hybridized carbons (Fsp3) is 0.455. The summed E-state index contributed by atoms with van der Waals surface area (Å²) < 4.78 is 5.33. The molecule has 1 aliphatic carbocycles. The minimum absolute atomic E-state index is 0.172. The third-order valence-electron chi connectivity index (χ3n) is 2.69. The number of hydrogen-bond donors (Lipinski definition) is 1. The summed E-state index contributed by atoms with van der Waals surface area (Å²) in [5.74, 6) is 0.958. The van der Waals surface area contributed by atoms with Gasteiger partial charge in [-0.3, -0.25) is 0 Å². The summed E-state index contributed by atoms with van der Waals surface area (Å²) in [6.07, 6.45) is 2.14. The first-order chi connectivity index (χ1) is 6.22. The molecule has 2 heteroatoms. The Morgan fingerprint density at radius 3 is 2.92 bits per heavy atom. The highest BCUT2D eigenvalue weighted by Crippen LogP contribution is 2.37. The van der Waals surface area contributed by atoms with Gasteiger partial charge in [0.25, 0.3) is 0 Å². The number of fused-ring (bicyclic) bond motifs is 1. The lowest BCUT2D eigenvalue weighted by atomic mass is 10.0. The first-order valence-corrected chi connectivity index (χ1v) is 4.65. The highest BCUT2D eigenvalue weighted by molar-refractivity contribution is 5.48. The second-order valence-electron chi connectivity index (χ2n) is 3.69. The van der Waals surface area contributed by atoms with E-state index in [2.05, 4.69) is 19.1 Å². The lowest BCUT2D eigenvalue weighted by Crippen LogP contribution is -2.07. The Kier molecular flexibility index (Phi) is 2.00. The number of aryl methyl sites for hydroxylation is 2. The number of nitrogens with two attached hydrogens (primary N) is 1. The van der Waals surface area contributed by atoms with Crippen molar-refractivity contribution >= 4 is 0 Å². The average Bonchev–Trinajstić information content (AvgIpc) is 2.46. The van der Waals surface area contributed by atoms with Gasteiger partial charge in [0.2, 0.25) is 0 Å². The topological polar surface area (TPSA) is 35.2 Å². The van der Waals surface area contributed by atoms with Gasteiger partial charge >= 0.3 is 0 Å². The smallest absolute Gasteiger partial charge is 0.124 e. The molecule has 2 N–H and O–H groups in total. The molecule has 1 aromatic rings. The van der Waals surface area contributed by atoms with Gasteiger partial charge in [-0.15, -0.1) is 0 Å². The Balaban J connectivity index is 2.57. The molecule has 70 valence electrons. The van der Waals surface area contributed by atoms with Gasteiger partial charge in [0.05, 0.1) is 7.11 Å². The van der Waals surface area contributed by atoms with Crippen LogP contribution in [-0.4, -0.2) is 7.11 Å². The van der Waals surface area contributed by atoms with Gasteiger partial charge in [-0.1, -0.05) is 6.07 Å². The molecule has 1 unspecified atom stereocenters. The van der Waals surface area contributed by atoms with E-state index in [-0.39, 0.29) is 6.04 Å². The van der Waals surface area contributed by atoms with E-state index in [0.717, 1.165) is 18.6 Å². The molecule has 0 saturated heterocycles. The van der Waals surface area contributed by atoms with Crippen molar-refractivity contribution in [2.45, 2.75) is 25.8 Å². The molecule has 0 spiro atoms. The van der Waals surface area contributed by atoms with Gasteiger partial charge in [0, 0.05) is 11.6 Å². The molecule has 0 bridgehead atoms. The maximum atomic E-state index is 5.99. The number of benzene rings is 1. The van der Waals surface area contributed by atoms with Gasteiger partial charge < -0.3 is 10.5 Å². The lowest BCUT2D eigenvalue weighted by Gasteiger charge is -2.11. The van der Waals surface area contributed by atoms with E-state index in [0.29, 0.717) is 0 Å². The fourth-order valence-electron chi connectivity index (χ4n) is 2.09. The summed E-state index contributed by atoms with van der Waals surface area (Å²) in [5.41, 5.74) is 9.83. The third kappa shape index (κ3) is 1.31. The summed E-state index contributed by atoms with van der Waals surface area (Å²) in [5, 5.41) is 0. The van der Waals surface area contributed by atoms with Crippen LogP contribution in [0.1, 0.15) is 29.2 Å². The van der Waals surface area contributed by atoms with Crippen molar-refractivity contribution in [1.29, 1.82) is 0 Å². The first kappa shape index (κ1) is 8.57. The second kappa shape index (κ2) is 3.04. The van der Waals surface area contributed by atoms with Crippen molar-refractivity contribution in [1.82, 2.24) is 0 Å². The van der Waals surface area contributed by atoms with E-state index in [4.69, 9.17) is 10.5 Å². The van der Waals surface area contributed by atoms with Crippen LogP contribution in [0.5, 0.6) is 5.75 Å². The van der Waals surface area contributed by atoms with E-state index >= 15 is 0 Å². The zero-order valence-electron chi connectivity index (χ0n) is 8.13. The van der Waals surface area contributed by atoms with E-state index in [9.17, 15) is 0 Å². The van der Waals surface area contributed by atoms with Crippen molar-refractivity contribution in [3.8, 4) is 5.75 Å². The van der Waals surface area contributed by atoms with Crippen LogP contribution < -0.4 is 10.5 Å². The number of rotatable bonds is 1. The predicted octanol–water partition coefficient (Wildman–Crippen LogP) is 1.95. The van der Waals surface area contributed by atoms with Crippen LogP contribution in [0.15, 0.2) is 12.1 Å². The molecule has 0 aliphatic heterocycles. The highest BCUT2D eigenvalue weighted by atomic mass is 16.5. The number of ether oxygens (including phenoxy) is 1. The maximum Gasteiger partial charge on any atom is 0.124 e. The van der Waals surface area contributed by atoms with Crippen molar-refractivity contribution in [3.05, 3.63) is 28.8 Å². The summed E-state index contributed by atoms with van der Waals surface area (Å²) in [6, 6.07) is 4.44. The molecule has 2 rings (SSSR count). The summed E-state index contributed by atoms with van der Waals surface area (Å²) in [4.78, 5) is 0. The summed E-state index contributed by atoms with van der Waals surface area (Å²) in [7, 11) is 1.71. The molecule has 1 aromatic carbocycles. The van der Waals surface area contributed by atoms with E-state index in [1.807, 2.05) is 0 Å². The molecule has 2 nitrogen and oxygen atoms in total. The molecular formula is C11H15NO. The summed E-state index contributed by atoms with van der Waals surface area (Å²) >= 11 is 0. The zero-order valence-corrected chi connectivity index (χ0v) is 8.13. The predicted molar refractivity (Wildman–Crippen MR) is 53.0 cm³/mol. The Morgan fingerprint density at radius 1 is 1.46 bits per heavy atom. The Bertz CT molecular complexity index is 333. The Hall–Kier alpha value is -1.02. The minimum atomic E-state index is 0.172. The third-order valence-corrected chi connectivity index (χ3v) is 2.69. The molecule has 0 amide bonds. The second-order valence-corrected chi connectivity index (χ2v) is 3.69. The van der Waals surface area contributed by atoms with Crippen molar-refractivity contribution in [2.75, 3.05) is 7.11 Å². The zero-order chi connectivity index (χ0) is 9.42. The first-order valence-electron chi connectivity index (χ1n) is 4.65. The fourth-order valence-corrected chi connectivity index (χ4v) is 2.09. The van der Waals surface area contributed by atoms with Crippen LogP contribution >= 0.6 is 0 Å². The van der Waals surface area contributed by atoms with Crippen molar-refractivity contribution in [3.63, 3.8) is 0 Å². The molecule has 13 heavy (non-hydrogen) atoms.